The fourth-order valence-corrected chi connectivity index (χ4v) is 17.4. The van der Waals surface area contributed by atoms with Crippen molar-refractivity contribution in [3.63, 3.8) is 0 Å². The first-order valence-corrected chi connectivity index (χ1v) is 46.3. The van der Waals surface area contributed by atoms with Crippen molar-refractivity contribution in [1.29, 1.82) is 5.41 Å². The Labute approximate surface area is 775 Å². The molecule has 2 aromatic heterocycles. The Kier molecular flexibility index (Phi) is 40.6. The zero-order valence-electron chi connectivity index (χ0n) is 76.5. The number of guanidine groups is 1. The molecule has 0 bridgehead atoms. The minimum Gasteiger partial charge on any atom is -0.508 e. The van der Waals surface area contributed by atoms with Crippen LogP contribution in [-0.4, -0.2) is 313 Å². The van der Waals surface area contributed by atoms with Gasteiger partial charge in [-0.2, -0.15) is 0 Å². The Morgan fingerprint density at radius 2 is 1.01 bits per heavy atom. The summed E-state index contributed by atoms with van der Waals surface area (Å²) in [7, 11) is 3.91. The highest BCUT2D eigenvalue weighted by molar-refractivity contribution is 8.00. The SMILES string of the molecule is CCCC[C@H]1C(=O)N(C)[C@@H](CCCC)C(=O)N[C@@H](CCCNC(=N)N)C(=O)N[C@H](C(=O)NCC(N)=O)CSCC(=O)N[C@@H](Cc2ccc(O)cc2)C(=O)N(C)[C@@H](C)C(=O)N[C@@H](CC(=O)O)C(=O)N2CCC[C@H]2C(=O)N[C@@H](CCCN)C(=O)N[C@@H](CC(C)C)C(=O)N2CCC[C@H]2C(=O)N[C@@H](Cc2c[nH]c3ccccc23)C(=O)N[C@@H](CO)C(=O)N[C@@H](Cc2c[nH]c3ccccc23)C(=O)N1C. The maximum absolute atomic E-state index is 15.7. The molecule has 42 nitrogen and oxygen atoms in total. The van der Waals surface area contributed by atoms with Crippen molar-refractivity contribution in [1.82, 2.24) is 93.0 Å². The highest BCUT2D eigenvalue weighted by Crippen LogP contribution is 2.28. The molecule has 726 valence electrons. The Hall–Kier alpha value is -12.9. The standard InChI is InChI=1S/C90H130N22O20S/c1-9-11-27-69-82(125)100-61(26-18-36-95-90(93)94)79(122)107-68(77(120)98-46-73(92)115)48-133-49-74(116)99-64(40-52-31-33-55(114)34-32-52)85(128)108(6)51(5)76(119)103-66(43-75(117)118)88(131)112-38-19-29-70(112)83(126)101-60(25-17-35-91)78(121)104-63(39-50(3)4)87(130)111-37-20-30-71(111)84(127)102-62(41-53-44-96-58-23-15-13-21-56(53)58)80(123)106-67(47-113)81(124)105-65(42-54-45-97-59-24-16-14-22-57(54)59)86(129)110(8)72(28-12-10-2)89(132)109(69)7/h13-16,21-24,31-34,44-45,50-51,60-72,96-97,113-114H,9-12,17-20,25-30,35-43,46-49,91H2,1-8H3,(H2,92,115)(H,98,120)(H,99,116)(H,100,125)(H,101,126)(H,102,127)(H,103,119)(H,104,121)(H,105,124)(H,106,123)(H,107,122)(H,117,118)(H4,93,94,95)/t51-,60-,61-,62-,63-,64-,65-,66-,67-,68-,69-,70-,71-,72-/m0/s1. The summed E-state index contributed by atoms with van der Waals surface area (Å²) in [5.74, 6) is -18.0. The lowest BCUT2D eigenvalue weighted by Gasteiger charge is -2.36. The number of phenolic OH excluding ortho intramolecular Hbond substituents is 1. The van der Waals surface area contributed by atoms with Crippen molar-refractivity contribution in [2.75, 3.05) is 72.0 Å². The lowest BCUT2D eigenvalue weighted by Crippen LogP contribution is -2.61. The van der Waals surface area contributed by atoms with Crippen molar-refractivity contribution in [3.05, 3.63) is 102 Å². The Balaban J connectivity index is 1.19. The van der Waals surface area contributed by atoms with Gasteiger partial charge in [0, 0.05) is 100.0 Å². The van der Waals surface area contributed by atoms with Gasteiger partial charge in [0.25, 0.3) is 0 Å². The molecule has 8 rings (SSSR count). The van der Waals surface area contributed by atoms with Crippen LogP contribution in [-0.2, 0) is 101 Å². The van der Waals surface area contributed by atoms with Gasteiger partial charge < -0.3 is 125 Å². The number of H-pyrrole nitrogens is 2. The summed E-state index contributed by atoms with van der Waals surface area (Å²) in [6.07, 6.45) is 3.52. The summed E-state index contributed by atoms with van der Waals surface area (Å²) < 4.78 is 0. The normalized spacial score (nSPS) is 24.4. The molecule has 5 heterocycles. The number of unbranched alkanes of at least 4 members (excludes halogenated alkanes) is 2. The third-order valence-corrected chi connectivity index (χ3v) is 25.0. The molecule has 3 saturated heterocycles. The van der Waals surface area contributed by atoms with E-state index in [1.807, 2.05) is 13.8 Å². The van der Waals surface area contributed by atoms with Gasteiger partial charge in [0.05, 0.1) is 25.3 Å². The number of nitrogens with two attached hydrogens (primary N) is 3. The van der Waals surface area contributed by atoms with Crippen LogP contribution in [0.2, 0.25) is 0 Å². The molecule has 43 heteroatoms. The molecule has 3 aliphatic heterocycles. The van der Waals surface area contributed by atoms with Crippen LogP contribution in [0.15, 0.2) is 85.2 Å². The number of hydrogen-bond acceptors (Lipinski definition) is 22. The van der Waals surface area contributed by atoms with Crippen LogP contribution in [0, 0.1) is 11.3 Å². The van der Waals surface area contributed by atoms with Crippen LogP contribution in [0.1, 0.15) is 154 Å². The van der Waals surface area contributed by atoms with E-state index in [2.05, 4.69) is 68.5 Å². The predicted octanol–water partition coefficient (Wildman–Crippen LogP) is -1.53. The number of aromatic nitrogens is 2. The van der Waals surface area contributed by atoms with Crippen LogP contribution in [0.3, 0.4) is 0 Å². The third kappa shape index (κ3) is 30.0. The number of nitrogens with zero attached hydrogens (tertiary/aromatic N) is 5. The van der Waals surface area contributed by atoms with Gasteiger partial charge in [-0.3, -0.25) is 86.9 Å². The number of nitrogens with one attached hydrogen (secondary N) is 14. The van der Waals surface area contributed by atoms with E-state index in [-0.39, 0.29) is 128 Å². The molecule has 0 aliphatic carbocycles. The number of hydrogen-bond donors (Lipinski definition) is 20. The van der Waals surface area contributed by atoms with E-state index in [9.17, 15) is 63.3 Å². The molecule has 5 aromatic rings. The van der Waals surface area contributed by atoms with Crippen molar-refractivity contribution in [2.45, 2.75) is 241 Å². The number of thioether (sulfide) groups is 1. The second-order valence-electron chi connectivity index (χ2n) is 34.3. The van der Waals surface area contributed by atoms with Crippen LogP contribution in [0.25, 0.3) is 21.8 Å². The zero-order valence-corrected chi connectivity index (χ0v) is 77.3. The number of carbonyl (C=O) groups excluding carboxylic acids is 16. The number of rotatable bonds is 27. The van der Waals surface area contributed by atoms with E-state index < -0.39 is 222 Å². The Bertz CT molecular complexity index is 4950. The van der Waals surface area contributed by atoms with Crippen molar-refractivity contribution >= 4 is 140 Å². The number of aliphatic carboxylic acids is 1. The third-order valence-electron chi connectivity index (χ3n) is 24.0. The Morgan fingerprint density at radius 1 is 0.526 bits per heavy atom. The van der Waals surface area contributed by atoms with Gasteiger partial charge in [-0.05, 0) is 131 Å². The first-order valence-electron chi connectivity index (χ1n) is 45.1. The number of primary amides is 1. The number of benzene rings is 3. The molecular formula is C90H130N22O20S. The largest absolute Gasteiger partial charge is 0.508 e. The number of aliphatic hydroxyl groups is 1. The number of carbonyl (C=O) groups is 17. The van der Waals surface area contributed by atoms with Gasteiger partial charge in [-0.1, -0.05) is 102 Å². The number of carboxylic acids is 1. The smallest absolute Gasteiger partial charge is 0.305 e. The number of likely N-dealkylation sites (N-methyl/N-ethyl adjacent to an activating group) is 3. The van der Waals surface area contributed by atoms with Gasteiger partial charge in [0.2, 0.25) is 94.5 Å². The fraction of sp³-hybridized carbons (Fsp3) is 0.556. The van der Waals surface area contributed by atoms with Gasteiger partial charge >= 0.3 is 5.97 Å². The summed E-state index contributed by atoms with van der Waals surface area (Å²) in [5.41, 5.74) is 19.8. The molecule has 3 aliphatic rings. The summed E-state index contributed by atoms with van der Waals surface area (Å²) in [4.78, 5) is 261. The number of amides is 16. The maximum Gasteiger partial charge on any atom is 0.305 e. The number of aromatic amines is 2. The molecule has 16 amide bonds. The van der Waals surface area contributed by atoms with Crippen molar-refractivity contribution in [3.8, 4) is 5.75 Å². The number of aliphatic hydroxyl groups excluding tert-OH is 1. The molecule has 3 aromatic carbocycles. The monoisotopic (exact) mass is 1870 g/mol. The van der Waals surface area contributed by atoms with E-state index in [1.165, 1.54) is 57.2 Å². The van der Waals surface area contributed by atoms with Gasteiger partial charge in [0.15, 0.2) is 5.96 Å². The molecule has 3 fully saturated rings. The van der Waals surface area contributed by atoms with E-state index in [1.54, 1.807) is 74.8 Å². The topological polar surface area (TPSA) is 633 Å². The van der Waals surface area contributed by atoms with Gasteiger partial charge in [-0.15, -0.1) is 11.8 Å². The second kappa shape index (κ2) is 51.2. The van der Waals surface area contributed by atoms with Crippen molar-refractivity contribution in [2.24, 2.45) is 23.1 Å². The first kappa shape index (κ1) is 105. The molecule has 0 spiro atoms. The number of carboxylic acid groups (broad SMARTS) is 1. The maximum atomic E-state index is 15.7. The predicted molar refractivity (Wildman–Crippen MR) is 493 cm³/mol. The number of fused-ring (bicyclic) bond motifs is 4. The molecule has 133 heavy (non-hydrogen) atoms. The highest BCUT2D eigenvalue weighted by atomic mass is 32.2. The average molecular weight is 1870 g/mol. The first-order chi connectivity index (χ1) is 63.4. The van der Waals surface area contributed by atoms with Crippen molar-refractivity contribution < 1.29 is 96.8 Å². The molecule has 23 N–H and O–H groups in total. The minimum atomic E-state index is -1.87. The lowest BCUT2D eigenvalue weighted by atomic mass is 10.00. The van der Waals surface area contributed by atoms with Crippen LogP contribution >= 0.6 is 11.8 Å². The van der Waals surface area contributed by atoms with Gasteiger partial charge in [-0.25, -0.2) is 0 Å². The quantitative estimate of drug-likeness (QED) is 0.0161. The van der Waals surface area contributed by atoms with Crippen LogP contribution < -0.4 is 75.7 Å². The number of para-hydroxylation sites is 2. The zero-order chi connectivity index (χ0) is 97.4. The van der Waals surface area contributed by atoms with E-state index >= 15 is 33.6 Å². The fourth-order valence-electron chi connectivity index (χ4n) is 16.5. The van der Waals surface area contributed by atoms with Crippen LogP contribution in [0.5, 0.6) is 5.75 Å². The lowest BCUT2D eigenvalue weighted by molar-refractivity contribution is -0.149. The average Bonchev–Trinajstić information content (AvgIpc) is 1.70. The number of phenols is 1. The molecule has 0 saturated carbocycles. The van der Waals surface area contributed by atoms with E-state index in [0.29, 0.717) is 64.2 Å². The summed E-state index contributed by atoms with van der Waals surface area (Å²) in [6, 6.07) is -1.48. The summed E-state index contributed by atoms with van der Waals surface area (Å²) >= 11 is 0.758. The minimum absolute atomic E-state index is 0.000552. The second-order valence-corrected chi connectivity index (χ2v) is 35.4. The molecule has 0 radical (unpaired) electrons. The van der Waals surface area contributed by atoms with E-state index in [0.717, 1.165) is 31.4 Å². The molecule has 14 atom stereocenters. The highest BCUT2D eigenvalue weighted by Gasteiger charge is 2.46. The summed E-state index contributed by atoms with van der Waals surface area (Å²) in [6.45, 7) is 6.61. The molecule has 0 unspecified atom stereocenters. The Morgan fingerprint density at radius 3 is 1.56 bits per heavy atom. The molecular weight excluding hydrogens is 1740 g/mol. The van der Waals surface area contributed by atoms with E-state index in [4.69, 9.17) is 22.6 Å². The number of aromatic hydroxyl groups is 1. The van der Waals surface area contributed by atoms with Gasteiger partial charge in [0.1, 0.15) is 90.3 Å². The van der Waals surface area contributed by atoms with Crippen LogP contribution in [0.4, 0.5) is 0 Å². The summed E-state index contributed by atoms with van der Waals surface area (Å²) in [5, 5.41) is 70.0.